The van der Waals surface area contributed by atoms with Crippen LogP contribution in [0.25, 0.3) is 10.9 Å². The Bertz CT molecular complexity index is 1280. The van der Waals surface area contributed by atoms with Crippen molar-refractivity contribution in [1.82, 2.24) is 4.98 Å². The maximum absolute atomic E-state index is 12.6. The molecule has 2 unspecified atom stereocenters. The highest BCUT2D eigenvalue weighted by molar-refractivity contribution is 5.94. The number of aromatic nitrogens is 1. The molecule has 2 N–H and O–H groups in total. The molecule has 1 amide bonds. The number of ether oxygens (including phenoxy) is 1. The SMILES string of the molecule is CCC(CC)(CC(=O)Nc1cccc(OCc2ccc3cc4c(cc3n2)C2CCCC42)c1)C(=O)O. The fourth-order valence-corrected chi connectivity index (χ4v) is 5.79. The van der Waals surface area contributed by atoms with Crippen molar-refractivity contribution in [1.29, 1.82) is 0 Å². The molecule has 6 heteroatoms. The predicted octanol–water partition coefficient (Wildman–Crippen LogP) is 6.40. The summed E-state index contributed by atoms with van der Waals surface area (Å²) in [4.78, 5) is 29.1. The summed E-state index contributed by atoms with van der Waals surface area (Å²) in [5, 5.41) is 13.6. The molecule has 2 atom stereocenters. The molecule has 0 bridgehead atoms. The maximum atomic E-state index is 12.6. The van der Waals surface area contributed by atoms with Gasteiger partial charge in [0.1, 0.15) is 12.4 Å². The number of carbonyl (C=O) groups is 2. The van der Waals surface area contributed by atoms with E-state index in [9.17, 15) is 14.7 Å². The largest absolute Gasteiger partial charge is 0.487 e. The van der Waals surface area contributed by atoms with Crippen LogP contribution in [0.1, 0.15) is 81.0 Å². The lowest BCUT2D eigenvalue weighted by molar-refractivity contribution is -0.151. The number of aliphatic carboxylic acids is 1. The molecule has 1 saturated carbocycles. The van der Waals surface area contributed by atoms with E-state index in [-0.39, 0.29) is 12.3 Å². The molecule has 0 saturated heterocycles. The number of rotatable bonds is 9. The Morgan fingerprint density at radius 1 is 1.06 bits per heavy atom. The highest BCUT2D eigenvalue weighted by Crippen LogP contribution is 2.57. The van der Waals surface area contributed by atoms with E-state index in [0.29, 0.717) is 30.9 Å². The molecule has 1 heterocycles. The van der Waals surface area contributed by atoms with Gasteiger partial charge in [-0.1, -0.05) is 32.4 Å². The normalized spacial score (nSPS) is 18.5. The van der Waals surface area contributed by atoms with E-state index in [1.807, 2.05) is 12.1 Å². The van der Waals surface area contributed by atoms with Crippen LogP contribution in [0.15, 0.2) is 48.5 Å². The summed E-state index contributed by atoms with van der Waals surface area (Å²) in [6, 6.07) is 15.9. The fourth-order valence-electron chi connectivity index (χ4n) is 5.79. The molecular formula is C29H32N2O4. The van der Waals surface area contributed by atoms with Crippen LogP contribution in [0.3, 0.4) is 0 Å². The number of carboxylic acids is 1. The van der Waals surface area contributed by atoms with E-state index in [2.05, 4.69) is 23.5 Å². The summed E-state index contributed by atoms with van der Waals surface area (Å²) in [6.45, 7) is 3.93. The zero-order valence-electron chi connectivity index (χ0n) is 20.3. The number of hydrogen-bond donors (Lipinski definition) is 2. The second-order valence-corrected chi connectivity index (χ2v) is 9.95. The van der Waals surface area contributed by atoms with E-state index >= 15 is 0 Å². The molecule has 182 valence electrons. The first-order valence-electron chi connectivity index (χ1n) is 12.6. The number of pyridine rings is 1. The van der Waals surface area contributed by atoms with Gasteiger partial charge in [-0.2, -0.15) is 0 Å². The van der Waals surface area contributed by atoms with Crippen LogP contribution < -0.4 is 10.1 Å². The molecule has 0 aliphatic heterocycles. The highest BCUT2D eigenvalue weighted by Gasteiger charge is 2.41. The van der Waals surface area contributed by atoms with Crippen LogP contribution in [-0.2, 0) is 16.2 Å². The topological polar surface area (TPSA) is 88.5 Å². The molecule has 35 heavy (non-hydrogen) atoms. The molecule has 2 aromatic carbocycles. The molecule has 5 rings (SSSR count). The van der Waals surface area contributed by atoms with E-state index in [0.717, 1.165) is 23.0 Å². The second-order valence-electron chi connectivity index (χ2n) is 9.95. The van der Waals surface area contributed by atoms with Crippen molar-refractivity contribution in [2.75, 3.05) is 5.32 Å². The summed E-state index contributed by atoms with van der Waals surface area (Å²) >= 11 is 0. The number of carboxylic acid groups (broad SMARTS) is 1. The van der Waals surface area contributed by atoms with Crippen molar-refractivity contribution in [3.8, 4) is 5.75 Å². The average molecular weight is 473 g/mol. The Kier molecular flexibility index (Phi) is 6.22. The van der Waals surface area contributed by atoms with Gasteiger partial charge in [0.2, 0.25) is 5.91 Å². The average Bonchev–Trinajstić information content (AvgIpc) is 3.29. The predicted molar refractivity (Wildman–Crippen MR) is 136 cm³/mol. The van der Waals surface area contributed by atoms with Crippen LogP contribution >= 0.6 is 0 Å². The van der Waals surface area contributed by atoms with Crippen LogP contribution in [-0.4, -0.2) is 22.0 Å². The Morgan fingerprint density at radius 3 is 2.51 bits per heavy atom. The number of nitrogens with one attached hydrogen (secondary N) is 1. The van der Waals surface area contributed by atoms with E-state index in [1.165, 1.54) is 35.8 Å². The summed E-state index contributed by atoms with van der Waals surface area (Å²) in [7, 11) is 0. The van der Waals surface area contributed by atoms with Gasteiger partial charge in [-0.15, -0.1) is 0 Å². The van der Waals surface area contributed by atoms with Crippen LogP contribution in [0.5, 0.6) is 5.75 Å². The quantitative estimate of drug-likeness (QED) is 0.376. The van der Waals surface area contributed by atoms with Crippen molar-refractivity contribution in [3.63, 3.8) is 0 Å². The Hall–Kier alpha value is -3.41. The minimum Gasteiger partial charge on any atom is -0.487 e. The summed E-state index contributed by atoms with van der Waals surface area (Å²) in [5.74, 6) is 0.853. The van der Waals surface area contributed by atoms with Gasteiger partial charge in [-0.25, -0.2) is 4.98 Å². The molecular weight excluding hydrogens is 440 g/mol. The Morgan fingerprint density at radius 2 is 1.80 bits per heavy atom. The van der Waals surface area contributed by atoms with E-state index in [4.69, 9.17) is 9.72 Å². The van der Waals surface area contributed by atoms with Gasteiger partial charge in [0.15, 0.2) is 0 Å². The van der Waals surface area contributed by atoms with Crippen molar-refractivity contribution in [2.45, 2.75) is 70.8 Å². The highest BCUT2D eigenvalue weighted by atomic mass is 16.5. The van der Waals surface area contributed by atoms with Crippen molar-refractivity contribution >= 4 is 28.5 Å². The first-order valence-corrected chi connectivity index (χ1v) is 12.6. The smallest absolute Gasteiger partial charge is 0.310 e. The summed E-state index contributed by atoms with van der Waals surface area (Å²) in [6.07, 6.45) is 4.68. The monoisotopic (exact) mass is 472 g/mol. The fraction of sp³-hybridized carbons (Fsp3) is 0.414. The first kappa shape index (κ1) is 23.3. The molecule has 0 radical (unpaired) electrons. The molecule has 2 aliphatic carbocycles. The second kappa shape index (κ2) is 9.33. The van der Waals surface area contributed by atoms with Crippen LogP contribution in [0.4, 0.5) is 5.69 Å². The van der Waals surface area contributed by atoms with Crippen molar-refractivity contribution in [3.05, 3.63) is 65.4 Å². The van der Waals surface area contributed by atoms with Crippen LogP contribution in [0.2, 0.25) is 0 Å². The number of hydrogen-bond acceptors (Lipinski definition) is 4. The molecule has 6 nitrogen and oxygen atoms in total. The number of benzene rings is 2. The third kappa shape index (κ3) is 4.38. The Labute approximate surface area is 205 Å². The standard InChI is InChI=1S/C29H32N2O4/c1-3-29(4-2,28(33)34)16-27(32)31-19-7-5-8-21(14-19)35-17-20-12-11-18-13-24-22-9-6-10-23(22)25(24)15-26(18)30-20/h5,7-8,11-15,22-23H,3-4,6,9-10,16-17H2,1-2H3,(H,31,32)(H,33,34). The minimum absolute atomic E-state index is 0.0628. The van der Waals surface area contributed by atoms with E-state index in [1.54, 1.807) is 32.0 Å². The zero-order valence-corrected chi connectivity index (χ0v) is 20.3. The van der Waals surface area contributed by atoms with Gasteiger partial charge >= 0.3 is 5.97 Å². The van der Waals surface area contributed by atoms with Gasteiger partial charge in [0.05, 0.1) is 16.6 Å². The molecule has 1 fully saturated rings. The minimum atomic E-state index is -1.04. The number of carbonyl (C=O) groups excluding carboxylic acids is 1. The first-order chi connectivity index (χ1) is 16.9. The molecule has 1 aromatic heterocycles. The lowest BCUT2D eigenvalue weighted by atomic mass is 9.69. The maximum Gasteiger partial charge on any atom is 0.310 e. The summed E-state index contributed by atoms with van der Waals surface area (Å²) < 4.78 is 5.97. The lowest BCUT2D eigenvalue weighted by Gasteiger charge is -2.35. The van der Waals surface area contributed by atoms with Gasteiger partial charge in [-0.05, 0) is 79.0 Å². The number of amides is 1. The molecule has 0 spiro atoms. The zero-order chi connectivity index (χ0) is 24.6. The number of fused-ring (bicyclic) bond motifs is 5. The number of anilines is 1. The van der Waals surface area contributed by atoms with Crippen LogP contribution in [0, 0.1) is 5.41 Å². The van der Waals surface area contributed by atoms with Gasteiger partial charge in [0.25, 0.3) is 0 Å². The van der Waals surface area contributed by atoms with Crippen molar-refractivity contribution in [2.24, 2.45) is 5.41 Å². The third-order valence-corrected chi connectivity index (χ3v) is 8.08. The lowest BCUT2D eigenvalue weighted by Crippen LogP contribution is -2.34. The third-order valence-electron chi connectivity index (χ3n) is 8.08. The summed E-state index contributed by atoms with van der Waals surface area (Å²) in [5.41, 5.74) is 4.40. The van der Waals surface area contributed by atoms with Gasteiger partial charge in [0, 0.05) is 23.6 Å². The molecule has 2 aliphatic rings. The van der Waals surface area contributed by atoms with Gasteiger partial charge in [-0.3, -0.25) is 9.59 Å². The van der Waals surface area contributed by atoms with Gasteiger partial charge < -0.3 is 15.2 Å². The Balaban J connectivity index is 1.24. The number of nitrogens with zero attached hydrogens (tertiary/aromatic N) is 1. The van der Waals surface area contributed by atoms with Crippen molar-refractivity contribution < 1.29 is 19.4 Å². The molecule has 3 aromatic rings. The van der Waals surface area contributed by atoms with E-state index < -0.39 is 11.4 Å².